The minimum Gasteiger partial charge on any atom is -0.368 e. The topological polar surface area (TPSA) is 77.8 Å². The summed E-state index contributed by atoms with van der Waals surface area (Å²) in [4.78, 5) is 8.20. The molecule has 1 aromatic heterocycles. The summed E-state index contributed by atoms with van der Waals surface area (Å²) in [5.41, 5.74) is 12.3. The summed E-state index contributed by atoms with van der Waals surface area (Å²) in [5.74, 6) is 1.65. The second-order valence-corrected chi connectivity index (χ2v) is 4.29. The summed E-state index contributed by atoms with van der Waals surface area (Å²) in [7, 11) is 0. The molecule has 4 N–H and O–H groups in total. The number of aromatic nitrogens is 2. The van der Waals surface area contributed by atoms with Crippen molar-refractivity contribution in [3.63, 3.8) is 0 Å². The average molecular weight is 206 g/mol. The molecular weight excluding hydrogens is 188 g/mol. The van der Waals surface area contributed by atoms with E-state index in [-0.39, 0.29) is 0 Å². The van der Waals surface area contributed by atoms with Crippen LogP contribution in [-0.2, 0) is 0 Å². The lowest BCUT2D eigenvalue weighted by Gasteiger charge is -2.27. The molecule has 0 aromatic carbocycles. The molecule has 1 aliphatic carbocycles. The smallest absolute Gasteiger partial charge is 0.220 e. The molecule has 0 atom stereocenters. The zero-order chi connectivity index (χ0) is 10.7. The predicted octanol–water partition coefficient (Wildman–Crippen LogP) is 1.29. The Bertz CT molecular complexity index is 318. The Balaban J connectivity index is 2.01. The van der Waals surface area contributed by atoms with Crippen LogP contribution in [-0.4, -0.2) is 16.5 Å². The average Bonchev–Trinajstić information content (AvgIpc) is 2.29. The number of hydrogen-bond donors (Lipinski definition) is 2. The normalized spacial score (nSPS) is 26.5. The molecule has 0 bridgehead atoms. The van der Waals surface area contributed by atoms with Crippen LogP contribution in [0.15, 0.2) is 12.3 Å². The summed E-state index contributed by atoms with van der Waals surface area (Å²) in [6.07, 6.45) is 6.53. The monoisotopic (exact) mass is 206 g/mol. The molecule has 0 radical (unpaired) electrons. The third-order valence-electron chi connectivity index (χ3n) is 3.29. The van der Waals surface area contributed by atoms with Crippen LogP contribution in [0.25, 0.3) is 0 Å². The van der Waals surface area contributed by atoms with E-state index in [0.717, 1.165) is 12.2 Å². The van der Waals surface area contributed by atoms with E-state index in [9.17, 15) is 0 Å². The highest BCUT2D eigenvalue weighted by atomic mass is 15.0. The van der Waals surface area contributed by atoms with Gasteiger partial charge < -0.3 is 11.5 Å². The first-order valence-electron chi connectivity index (χ1n) is 5.58. The minimum absolute atomic E-state index is 0.383. The molecule has 15 heavy (non-hydrogen) atoms. The van der Waals surface area contributed by atoms with E-state index in [0.29, 0.717) is 17.8 Å². The fourth-order valence-corrected chi connectivity index (χ4v) is 2.31. The van der Waals surface area contributed by atoms with Gasteiger partial charge in [0.1, 0.15) is 0 Å². The summed E-state index contributed by atoms with van der Waals surface area (Å²) in [6.45, 7) is 0.818. The molecule has 0 unspecified atom stereocenters. The Morgan fingerprint density at radius 2 is 2.00 bits per heavy atom. The zero-order valence-electron chi connectivity index (χ0n) is 8.89. The molecule has 2 rings (SSSR count). The van der Waals surface area contributed by atoms with Crippen LogP contribution in [0.1, 0.15) is 37.3 Å². The van der Waals surface area contributed by atoms with Crippen molar-refractivity contribution in [3.8, 4) is 0 Å². The molecule has 0 saturated heterocycles. The van der Waals surface area contributed by atoms with Crippen molar-refractivity contribution in [2.45, 2.75) is 31.6 Å². The first-order valence-corrected chi connectivity index (χ1v) is 5.58. The van der Waals surface area contributed by atoms with E-state index in [1.165, 1.54) is 25.7 Å². The standard InChI is InChI=1S/C11H18N4/c12-7-8-1-3-9(4-2-8)10-5-6-14-11(13)15-10/h5-6,8-9H,1-4,7,12H2,(H2,13,14,15). The Morgan fingerprint density at radius 1 is 1.27 bits per heavy atom. The van der Waals surface area contributed by atoms with Crippen LogP contribution in [0.2, 0.25) is 0 Å². The number of nitrogen functional groups attached to an aromatic ring is 1. The summed E-state index contributed by atoms with van der Waals surface area (Å²) in [5, 5.41) is 0. The summed E-state index contributed by atoms with van der Waals surface area (Å²) >= 11 is 0. The van der Waals surface area contributed by atoms with Gasteiger partial charge in [0.05, 0.1) is 0 Å². The Morgan fingerprint density at radius 3 is 2.60 bits per heavy atom. The number of hydrogen-bond acceptors (Lipinski definition) is 4. The quantitative estimate of drug-likeness (QED) is 0.764. The van der Waals surface area contributed by atoms with Crippen molar-refractivity contribution in [2.24, 2.45) is 11.7 Å². The van der Waals surface area contributed by atoms with Gasteiger partial charge in [-0.05, 0) is 44.2 Å². The van der Waals surface area contributed by atoms with E-state index in [2.05, 4.69) is 9.97 Å². The molecule has 4 heteroatoms. The van der Waals surface area contributed by atoms with Crippen molar-refractivity contribution in [1.29, 1.82) is 0 Å². The van der Waals surface area contributed by atoms with Crippen LogP contribution in [0.5, 0.6) is 0 Å². The second kappa shape index (κ2) is 4.57. The molecule has 82 valence electrons. The van der Waals surface area contributed by atoms with Gasteiger partial charge in [-0.3, -0.25) is 0 Å². The van der Waals surface area contributed by atoms with E-state index in [1.54, 1.807) is 6.20 Å². The van der Waals surface area contributed by atoms with Crippen molar-refractivity contribution in [1.82, 2.24) is 9.97 Å². The largest absolute Gasteiger partial charge is 0.368 e. The minimum atomic E-state index is 0.383. The fourth-order valence-electron chi connectivity index (χ4n) is 2.31. The maximum absolute atomic E-state index is 5.67. The van der Waals surface area contributed by atoms with Crippen LogP contribution < -0.4 is 11.5 Å². The third-order valence-corrected chi connectivity index (χ3v) is 3.29. The van der Waals surface area contributed by atoms with E-state index < -0.39 is 0 Å². The molecule has 1 aromatic rings. The number of nitrogens with zero attached hydrogens (tertiary/aromatic N) is 2. The Kier molecular flexibility index (Phi) is 3.16. The lowest BCUT2D eigenvalue weighted by molar-refractivity contribution is 0.329. The number of anilines is 1. The van der Waals surface area contributed by atoms with Gasteiger partial charge in [0, 0.05) is 17.8 Å². The maximum Gasteiger partial charge on any atom is 0.220 e. The highest BCUT2D eigenvalue weighted by molar-refractivity contribution is 5.20. The van der Waals surface area contributed by atoms with E-state index >= 15 is 0 Å². The van der Waals surface area contributed by atoms with Crippen LogP contribution in [0, 0.1) is 5.92 Å². The Labute approximate surface area is 90.1 Å². The lowest BCUT2D eigenvalue weighted by Crippen LogP contribution is -2.21. The second-order valence-electron chi connectivity index (χ2n) is 4.29. The first-order chi connectivity index (χ1) is 7.29. The molecule has 1 heterocycles. The van der Waals surface area contributed by atoms with Gasteiger partial charge in [0.15, 0.2) is 0 Å². The predicted molar refractivity (Wildman–Crippen MR) is 60.2 cm³/mol. The third kappa shape index (κ3) is 2.45. The van der Waals surface area contributed by atoms with Gasteiger partial charge in [-0.15, -0.1) is 0 Å². The van der Waals surface area contributed by atoms with Crippen LogP contribution in [0.4, 0.5) is 5.95 Å². The van der Waals surface area contributed by atoms with Crippen LogP contribution >= 0.6 is 0 Å². The van der Waals surface area contributed by atoms with Crippen molar-refractivity contribution >= 4 is 5.95 Å². The number of rotatable bonds is 2. The molecule has 1 aliphatic rings. The van der Waals surface area contributed by atoms with Gasteiger partial charge in [0.25, 0.3) is 0 Å². The molecule has 1 fully saturated rings. The molecule has 0 aliphatic heterocycles. The maximum atomic E-state index is 5.67. The Hall–Kier alpha value is -1.16. The molecule has 0 spiro atoms. The van der Waals surface area contributed by atoms with Crippen molar-refractivity contribution < 1.29 is 0 Å². The van der Waals surface area contributed by atoms with Gasteiger partial charge >= 0.3 is 0 Å². The molecule has 4 nitrogen and oxygen atoms in total. The first kappa shape index (κ1) is 10.4. The van der Waals surface area contributed by atoms with E-state index in [1.807, 2.05) is 6.07 Å². The lowest BCUT2D eigenvalue weighted by atomic mass is 9.80. The van der Waals surface area contributed by atoms with Crippen molar-refractivity contribution in [2.75, 3.05) is 12.3 Å². The zero-order valence-corrected chi connectivity index (χ0v) is 8.89. The highest BCUT2D eigenvalue weighted by Crippen LogP contribution is 2.34. The van der Waals surface area contributed by atoms with Gasteiger partial charge in [-0.1, -0.05) is 0 Å². The molecule has 1 saturated carbocycles. The van der Waals surface area contributed by atoms with E-state index in [4.69, 9.17) is 11.5 Å². The van der Waals surface area contributed by atoms with Gasteiger partial charge in [-0.25, -0.2) is 9.97 Å². The van der Waals surface area contributed by atoms with Gasteiger partial charge in [0.2, 0.25) is 5.95 Å². The SMILES string of the molecule is NCC1CCC(c2ccnc(N)n2)CC1. The summed E-state index contributed by atoms with van der Waals surface area (Å²) < 4.78 is 0. The number of nitrogens with two attached hydrogens (primary N) is 2. The molecule has 0 amide bonds. The van der Waals surface area contributed by atoms with Crippen molar-refractivity contribution in [3.05, 3.63) is 18.0 Å². The highest BCUT2D eigenvalue weighted by Gasteiger charge is 2.22. The fraction of sp³-hybridized carbons (Fsp3) is 0.636. The van der Waals surface area contributed by atoms with Crippen LogP contribution in [0.3, 0.4) is 0 Å². The van der Waals surface area contributed by atoms with Gasteiger partial charge in [-0.2, -0.15) is 0 Å². The molecular formula is C11H18N4. The summed E-state index contributed by atoms with van der Waals surface area (Å²) in [6, 6.07) is 1.98.